The van der Waals surface area contributed by atoms with Gasteiger partial charge in [0.05, 0.1) is 40.1 Å². The van der Waals surface area contributed by atoms with Gasteiger partial charge in [0.1, 0.15) is 11.2 Å². The summed E-state index contributed by atoms with van der Waals surface area (Å²) in [5.41, 5.74) is 2.24. The Balaban J connectivity index is 0.000000363. The van der Waals surface area contributed by atoms with Crippen LogP contribution < -0.4 is 9.47 Å². The molecule has 32 heavy (non-hydrogen) atoms. The Kier molecular flexibility index (Phi) is 5.38. The van der Waals surface area contributed by atoms with Gasteiger partial charge in [-0.3, -0.25) is 14.3 Å². The molecule has 164 valence electrons. The summed E-state index contributed by atoms with van der Waals surface area (Å²) in [7, 11) is -1.68. The SMILES string of the molecule is COS(=O)(=O)[O-].C[n+]1c(N2C(=O)c3ccc([N+](=O)[O-])c4cccc2c34)sc2ccccc21. The minimum absolute atomic E-state index is 0.0148. The number of fused-ring (bicyclic) bond motifs is 1. The van der Waals surface area contributed by atoms with E-state index in [1.165, 1.54) is 17.4 Å². The Hall–Kier alpha value is -3.45. The third-order valence-electron chi connectivity index (χ3n) is 4.98. The first kappa shape index (κ1) is 21.8. The van der Waals surface area contributed by atoms with E-state index < -0.39 is 15.3 Å². The first-order chi connectivity index (χ1) is 15.1. The Morgan fingerprint density at radius 3 is 2.41 bits per heavy atom. The summed E-state index contributed by atoms with van der Waals surface area (Å²) in [6.07, 6.45) is 0. The minimum atomic E-state index is -4.41. The largest absolute Gasteiger partial charge is 0.726 e. The van der Waals surface area contributed by atoms with Crippen molar-refractivity contribution in [3.8, 4) is 0 Å². The molecule has 3 aromatic carbocycles. The fraction of sp³-hybridized carbons (Fsp3) is 0.100. The molecular weight excluding hydrogens is 458 g/mol. The maximum atomic E-state index is 13.1. The number of nitro benzene ring substituents is 1. The molecule has 1 aliphatic heterocycles. The normalized spacial score (nSPS) is 12.8. The standard InChI is InChI=1S/C19H12N3O3S.CH4O4S/c1-20-14-6-2-3-8-16(14)26-19(20)21-15-7-4-5-11-13(22(24)25)10-9-12(17(11)15)18(21)23;1-5-6(2,3)4/h2-10H,1H3;1H3,(H,2,3,4)/q+1;/p-1. The van der Waals surface area contributed by atoms with E-state index in [9.17, 15) is 27.9 Å². The summed E-state index contributed by atoms with van der Waals surface area (Å²) in [4.78, 5) is 25.8. The highest BCUT2D eigenvalue weighted by molar-refractivity contribution is 7.80. The summed E-state index contributed by atoms with van der Waals surface area (Å²) in [5.74, 6) is -0.159. The van der Waals surface area contributed by atoms with E-state index in [0.717, 1.165) is 22.5 Å². The molecule has 0 atom stereocenters. The Bertz CT molecular complexity index is 1510. The smallest absolute Gasteiger partial charge is 0.349 e. The molecule has 0 N–H and O–H groups in total. The highest BCUT2D eigenvalue weighted by atomic mass is 32.3. The summed E-state index contributed by atoms with van der Waals surface area (Å²) >= 11 is 1.52. The number of aryl methyl sites for hydroxylation is 1. The monoisotopic (exact) mass is 473 g/mol. The third-order valence-corrected chi connectivity index (χ3v) is 6.59. The molecule has 0 unspecified atom stereocenters. The predicted molar refractivity (Wildman–Crippen MR) is 117 cm³/mol. The van der Waals surface area contributed by atoms with Crippen molar-refractivity contribution in [2.24, 2.45) is 7.05 Å². The number of rotatable bonds is 3. The van der Waals surface area contributed by atoms with Gasteiger partial charge in [-0.15, -0.1) is 4.90 Å². The maximum absolute atomic E-state index is 13.1. The van der Waals surface area contributed by atoms with Crippen molar-refractivity contribution in [1.29, 1.82) is 0 Å². The number of carbonyl (C=O) groups excluding carboxylic acids is 1. The molecule has 12 heteroatoms. The van der Waals surface area contributed by atoms with Crippen molar-refractivity contribution in [2.75, 3.05) is 12.0 Å². The fourth-order valence-electron chi connectivity index (χ4n) is 3.60. The molecule has 1 amide bonds. The van der Waals surface area contributed by atoms with Crippen molar-refractivity contribution in [2.45, 2.75) is 0 Å². The van der Waals surface area contributed by atoms with Crippen LogP contribution in [0, 0.1) is 10.1 Å². The highest BCUT2D eigenvalue weighted by Gasteiger charge is 2.42. The molecule has 0 fully saturated rings. The number of hydrogen-bond acceptors (Lipinski definition) is 8. The molecule has 0 saturated carbocycles. The fourth-order valence-corrected chi connectivity index (χ4v) is 4.76. The molecule has 5 rings (SSSR count). The maximum Gasteiger partial charge on any atom is 0.349 e. The van der Waals surface area contributed by atoms with Crippen LogP contribution in [0.25, 0.3) is 21.0 Å². The number of non-ortho nitro benzene ring substituents is 1. The molecule has 0 aliphatic carbocycles. The second-order valence-corrected chi connectivity index (χ2v) is 8.87. The number of benzene rings is 3. The third kappa shape index (κ3) is 3.58. The Morgan fingerprint density at radius 1 is 1.09 bits per heavy atom. The van der Waals surface area contributed by atoms with E-state index in [-0.39, 0.29) is 11.6 Å². The lowest BCUT2D eigenvalue weighted by atomic mass is 10.0. The zero-order valence-corrected chi connectivity index (χ0v) is 18.3. The van der Waals surface area contributed by atoms with E-state index in [1.54, 1.807) is 23.1 Å². The van der Waals surface area contributed by atoms with Crippen LogP contribution in [0.1, 0.15) is 10.4 Å². The van der Waals surface area contributed by atoms with Gasteiger partial charge in [0.15, 0.2) is 0 Å². The second-order valence-electron chi connectivity index (χ2n) is 6.72. The van der Waals surface area contributed by atoms with E-state index in [1.807, 2.05) is 41.9 Å². The lowest BCUT2D eigenvalue weighted by Crippen LogP contribution is -2.36. The number of aromatic nitrogens is 1. The zero-order chi connectivity index (χ0) is 23.2. The van der Waals surface area contributed by atoms with Gasteiger partial charge >= 0.3 is 11.0 Å². The molecule has 4 aromatic rings. The summed E-state index contributed by atoms with van der Waals surface area (Å²) < 4.78 is 34.1. The molecule has 1 aliphatic rings. The number of thiazole rings is 1. The molecule has 1 aromatic heterocycles. The molecular formula is C20H15N3O7S2. The van der Waals surface area contributed by atoms with E-state index in [0.29, 0.717) is 22.0 Å². The van der Waals surface area contributed by atoms with Crippen LogP contribution >= 0.6 is 11.3 Å². The van der Waals surface area contributed by atoms with Crippen molar-refractivity contribution >= 4 is 65.1 Å². The van der Waals surface area contributed by atoms with Gasteiger partial charge in [-0.1, -0.05) is 18.2 Å². The lowest BCUT2D eigenvalue weighted by molar-refractivity contribution is -0.627. The van der Waals surface area contributed by atoms with Gasteiger partial charge in [0.2, 0.25) is 10.4 Å². The number of nitrogens with zero attached hydrogens (tertiary/aromatic N) is 3. The van der Waals surface area contributed by atoms with Gasteiger partial charge in [-0.05, 0) is 41.7 Å². The van der Waals surface area contributed by atoms with E-state index in [4.69, 9.17) is 0 Å². The number of anilines is 2. The first-order valence-electron chi connectivity index (χ1n) is 9.07. The molecule has 0 bridgehead atoms. The van der Waals surface area contributed by atoms with Crippen LogP contribution in [0.3, 0.4) is 0 Å². The summed E-state index contributed by atoms with van der Waals surface area (Å²) in [6, 6.07) is 16.2. The van der Waals surface area contributed by atoms with Crippen LogP contribution in [-0.4, -0.2) is 30.9 Å². The van der Waals surface area contributed by atoms with Crippen molar-refractivity contribution in [1.82, 2.24) is 0 Å². The molecule has 0 spiro atoms. The summed E-state index contributed by atoms with van der Waals surface area (Å²) in [5, 5.41) is 13.3. The number of carbonyl (C=O) groups is 1. The van der Waals surface area contributed by atoms with Gasteiger partial charge < -0.3 is 4.55 Å². The van der Waals surface area contributed by atoms with Gasteiger partial charge in [0, 0.05) is 6.07 Å². The predicted octanol–water partition coefficient (Wildman–Crippen LogP) is 3.17. The number of para-hydroxylation sites is 1. The Morgan fingerprint density at radius 2 is 1.78 bits per heavy atom. The number of amides is 1. The average molecular weight is 473 g/mol. The van der Waals surface area contributed by atoms with Crippen LogP contribution in [-0.2, 0) is 21.6 Å². The first-order valence-corrected chi connectivity index (χ1v) is 11.2. The topological polar surface area (TPSA) is 134 Å². The molecule has 2 heterocycles. The second kappa shape index (κ2) is 7.91. The minimum Gasteiger partial charge on any atom is -0.726 e. The lowest BCUT2D eigenvalue weighted by Gasteiger charge is -2.07. The zero-order valence-electron chi connectivity index (χ0n) is 16.7. The number of nitro groups is 1. The summed E-state index contributed by atoms with van der Waals surface area (Å²) in [6.45, 7) is 0. The highest BCUT2D eigenvalue weighted by Crippen LogP contribution is 2.45. The average Bonchev–Trinajstić information content (AvgIpc) is 3.23. The van der Waals surface area contributed by atoms with E-state index >= 15 is 0 Å². The van der Waals surface area contributed by atoms with E-state index in [2.05, 4.69) is 4.18 Å². The van der Waals surface area contributed by atoms with Crippen LogP contribution in [0.4, 0.5) is 16.5 Å². The van der Waals surface area contributed by atoms with Crippen LogP contribution in [0.2, 0.25) is 0 Å². The van der Waals surface area contributed by atoms with Crippen molar-refractivity contribution in [3.63, 3.8) is 0 Å². The van der Waals surface area contributed by atoms with Crippen molar-refractivity contribution < 1.29 is 31.4 Å². The van der Waals surface area contributed by atoms with Gasteiger partial charge in [-0.2, -0.15) is 0 Å². The van der Waals surface area contributed by atoms with Crippen LogP contribution in [0.5, 0.6) is 0 Å². The quantitative estimate of drug-likeness (QED) is 0.147. The van der Waals surface area contributed by atoms with Crippen molar-refractivity contribution in [3.05, 3.63) is 70.3 Å². The van der Waals surface area contributed by atoms with Gasteiger partial charge in [-0.25, -0.2) is 17.8 Å². The number of hydrogen-bond donors (Lipinski definition) is 0. The molecule has 0 radical (unpaired) electrons. The Labute approximate surface area is 186 Å². The molecule has 0 saturated heterocycles. The van der Waals surface area contributed by atoms with Crippen LogP contribution in [0.15, 0.2) is 54.6 Å². The molecule has 10 nitrogen and oxygen atoms in total. The van der Waals surface area contributed by atoms with Gasteiger partial charge in [0.25, 0.3) is 5.69 Å².